The van der Waals surface area contributed by atoms with E-state index in [9.17, 15) is 9.18 Å². The fourth-order valence-corrected chi connectivity index (χ4v) is 4.98. The summed E-state index contributed by atoms with van der Waals surface area (Å²) in [7, 11) is 1.68. The maximum Gasteiger partial charge on any atom is 0.252 e. The van der Waals surface area contributed by atoms with Crippen molar-refractivity contribution in [3.05, 3.63) is 71.0 Å². The summed E-state index contributed by atoms with van der Waals surface area (Å²) in [6.07, 6.45) is 6.65. The normalized spacial score (nSPS) is 24.0. The van der Waals surface area contributed by atoms with Gasteiger partial charge in [-0.2, -0.15) is 0 Å². The number of nitrogens with one attached hydrogen (secondary N) is 1. The summed E-state index contributed by atoms with van der Waals surface area (Å²) in [5.74, 6) is 2.15. The minimum atomic E-state index is -0.603. The van der Waals surface area contributed by atoms with Gasteiger partial charge in [-0.05, 0) is 48.2 Å². The van der Waals surface area contributed by atoms with Crippen LogP contribution in [0, 0.1) is 18.2 Å². The first-order chi connectivity index (χ1) is 17.1. The second-order valence-corrected chi connectivity index (χ2v) is 8.95. The molecule has 0 bridgehead atoms. The van der Waals surface area contributed by atoms with E-state index in [4.69, 9.17) is 20.6 Å². The molecular formula is C28H33FN2O4. The van der Waals surface area contributed by atoms with Gasteiger partial charge in [-0.15, -0.1) is 6.42 Å². The Morgan fingerprint density at radius 2 is 2.06 bits per heavy atom. The monoisotopic (exact) mass is 480 g/mol. The fraction of sp³-hybridized carbons (Fsp3) is 0.464. The van der Waals surface area contributed by atoms with Crippen molar-refractivity contribution < 1.29 is 23.4 Å². The highest BCUT2D eigenvalue weighted by Crippen LogP contribution is 2.36. The quantitative estimate of drug-likeness (QED) is 0.442. The number of carbonyl (C=O) groups excluding carboxylic acids is 1. The molecule has 1 fully saturated rings. The van der Waals surface area contributed by atoms with Gasteiger partial charge in [0.25, 0.3) is 5.91 Å². The van der Waals surface area contributed by atoms with Gasteiger partial charge in [0.2, 0.25) is 0 Å². The Morgan fingerprint density at radius 1 is 1.26 bits per heavy atom. The maximum absolute atomic E-state index is 13.9. The van der Waals surface area contributed by atoms with Crippen molar-refractivity contribution in [1.29, 1.82) is 0 Å². The molecule has 0 aliphatic carbocycles. The maximum atomic E-state index is 13.9. The highest BCUT2D eigenvalue weighted by molar-refractivity contribution is 5.82. The highest BCUT2D eigenvalue weighted by atomic mass is 19.1. The molecule has 2 aromatic rings. The van der Waals surface area contributed by atoms with Gasteiger partial charge in [0, 0.05) is 32.7 Å². The van der Waals surface area contributed by atoms with E-state index in [2.05, 4.69) is 17.3 Å². The molecule has 2 aliphatic heterocycles. The number of fused-ring (bicyclic) bond motifs is 1. The molecule has 4 rings (SSSR count). The summed E-state index contributed by atoms with van der Waals surface area (Å²) in [4.78, 5) is 15.7. The third-order valence-corrected chi connectivity index (χ3v) is 6.72. The van der Waals surface area contributed by atoms with Gasteiger partial charge >= 0.3 is 0 Å². The Morgan fingerprint density at radius 3 is 2.83 bits per heavy atom. The first-order valence-corrected chi connectivity index (χ1v) is 12.1. The van der Waals surface area contributed by atoms with Gasteiger partial charge in [0.1, 0.15) is 18.5 Å². The lowest BCUT2D eigenvalue weighted by atomic mass is 9.87. The van der Waals surface area contributed by atoms with Crippen molar-refractivity contribution >= 4 is 5.91 Å². The average Bonchev–Trinajstić information content (AvgIpc) is 2.89. The number of amides is 1. The number of carbonyl (C=O) groups is 1. The molecule has 0 saturated carbocycles. The summed E-state index contributed by atoms with van der Waals surface area (Å²) < 4.78 is 30.7. The molecule has 0 spiro atoms. The SMILES string of the molecule is C#CCO[C@H]1COC(C(=O)N2CCc3ccccc3[C@@H]2c2ccc(F)cc2)C[C@@H]1NCCCOC. The van der Waals surface area contributed by atoms with Gasteiger partial charge in [-0.25, -0.2) is 4.39 Å². The van der Waals surface area contributed by atoms with E-state index in [-0.39, 0.29) is 43.1 Å². The lowest BCUT2D eigenvalue weighted by Gasteiger charge is -2.42. The zero-order valence-corrected chi connectivity index (χ0v) is 20.1. The van der Waals surface area contributed by atoms with Crippen LogP contribution in [0.2, 0.25) is 0 Å². The predicted molar refractivity (Wildman–Crippen MR) is 131 cm³/mol. The van der Waals surface area contributed by atoms with Crippen LogP contribution in [0.4, 0.5) is 4.39 Å². The summed E-state index contributed by atoms with van der Waals surface area (Å²) in [5.41, 5.74) is 3.15. The van der Waals surface area contributed by atoms with Crippen LogP contribution in [0.1, 0.15) is 35.6 Å². The smallest absolute Gasteiger partial charge is 0.252 e. The van der Waals surface area contributed by atoms with E-state index < -0.39 is 6.10 Å². The standard InChI is InChI=1S/C28H33FN2O4/c1-3-16-34-26-19-35-25(18-24(26)30-14-6-17-33-2)28(32)31-15-13-20-7-4-5-8-23(20)27(31)21-9-11-22(29)12-10-21/h1,4-5,7-12,24-27,30H,6,13-19H2,2H3/t24-,25?,26-,27-/m0/s1. The van der Waals surface area contributed by atoms with E-state index in [1.54, 1.807) is 19.2 Å². The van der Waals surface area contributed by atoms with Crippen LogP contribution in [0.25, 0.3) is 0 Å². The van der Waals surface area contributed by atoms with Crippen molar-refractivity contribution in [3.63, 3.8) is 0 Å². The van der Waals surface area contributed by atoms with Gasteiger partial charge in [0.05, 0.1) is 18.8 Å². The van der Waals surface area contributed by atoms with E-state index in [0.717, 1.165) is 30.5 Å². The third kappa shape index (κ3) is 6.09. The van der Waals surface area contributed by atoms with Crippen LogP contribution in [-0.2, 0) is 25.4 Å². The zero-order valence-electron chi connectivity index (χ0n) is 20.1. The van der Waals surface area contributed by atoms with Crippen LogP contribution in [0.5, 0.6) is 0 Å². The molecule has 4 atom stereocenters. The lowest BCUT2D eigenvalue weighted by Crippen LogP contribution is -2.56. The number of rotatable bonds is 9. The Labute approximate surface area is 206 Å². The van der Waals surface area contributed by atoms with E-state index in [0.29, 0.717) is 19.6 Å². The van der Waals surface area contributed by atoms with Crippen molar-refractivity contribution in [2.75, 3.05) is 40.0 Å². The van der Waals surface area contributed by atoms with Gasteiger partial charge < -0.3 is 24.4 Å². The second-order valence-electron chi connectivity index (χ2n) is 8.95. The summed E-state index contributed by atoms with van der Waals surface area (Å²) >= 11 is 0. The van der Waals surface area contributed by atoms with Crippen LogP contribution < -0.4 is 5.32 Å². The number of benzene rings is 2. The van der Waals surface area contributed by atoms with Gasteiger partial charge in [0.15, 0.2) is 0 Å². The number of methoxy groups -OCH3 is 1. The largest absolute Gasteiger partial charge is 0.385 e. The first kappa shape index (κ1) is 25.3. The summed E-state index contributed by atoms with van der Waals surface area (Å²) in [5, 5.41) is 3.50. The average molecular weight is 481 g/mol. The molecular weight excluding hydrogens is 447 g/mol. The van der Waals surface area contributed by atoms with Crippen LogP contribution >= 0.6 is 0 Å². The fourth-order valence-electron chi connectivity index (χ4n) is 4.98. The second kappa shape index (κ2) is 12.3. The molecule has 2 aromatic carbocycles. The zero-order chi connectivity index (χ0) is 24.6. The molecule has 0 radical (unpaired) electrons. The topological polar surface area (TPSA) is 60.0 Å². The minimum Gasteiger partial charge on any atom is -0.385 e. The molecule has 1 unspecified atom stereocenters. The van der Waals surface area contributed by atoms with Crippen molar-refractivity contribution in [1.82, 2.24) is 10.2 Å². The molecule has 2 aliphatic rings. The van der Waals surface area contributed by atoms with Crippen LogP contribution in [0.3, 0.4) is 0 Å². The van der Waals surface area contributed by atoms with E-state index in [1.165, 1.54) is 17.7 Å². The molecule has 6 nitrogen and oxygen atoms in total. The molecule has 1 amide bonds. The molecule has 35 heavy (non-hydrogen) atoms. The number of hydrogen-bond donors (Lipinski definition) is 1. The van der Waals surface area contributed by atoms with Crippen LogP contribution in [-0.4, -0.2) is 69.1 Å². The number of halogens is 1. The Hall–Kier alpha value is -2.76. The molecule has 7 heteroatoms. The Kier molecular flexibility index (Phi) is 8.89. The molecule has 186 valence electrons. The van der Waals surface area contributed by atoms with Crippen LogP contribution in [0.15, 0.2) is 48.5 Å². The van der Waals surface area contributed by atoms with Crippen molar-refractivity contribution in [3.8, 4) is 12.3 Å². The summed E-state index contributed by atoms with van der Waals surface area (Å²) in [6.45, 7) is 2.44. The lowest BCUT2D eigenvalue weighted by molar-refractivity contribution is -0.158. The number of ether oxygens (including phenoxy) is 3. The van der Waals surface area contributed by atoms with Crippen molar-refractivity contribution in [2.24, 2.45) is 0 Å². The number of hydrogen-bond acceptors (Lipinski definition) is 5. The third-order valence-electron chi connectivity index (χ3n) is 6.72. The van der Waals surface area contributed by atoms with Gasteiger partial charge in [-0.1, -0.05) is 42.3 Å². The highest BCUT2D eigenvalue weighted by Gasteiger charge is 2.40. The summed E-state index contributed by atoms with van der Waals surface area (Å²) in [6, 6.07) is 14.2. The Bertz CT molecular complexity index is 1020. The van der Waals surface area contributed by atoms with Crippen molar-refractivity contribution in [2.45, 2.75) is 43.6 Å². The molecule has 2 heterocycles. The van der Waals surface area contributed by atoms with E-state index in [1.807, 2.05) is 23.1 Å². The van der Waals surface area contributed by atoms with E-state index >= 15 is 0 Å². The first-order valence-electron chi connectivity index (χ1n) is 12.1. The Balaban J connectivity index is 1.54. The number of nitrogens with zero attached hydrogens (tertiary/aromatic N) is 1. The molecule has 1 N–H and O–H groups in total. The molecule has 0 aromatic heterocycles. The minimum absolute atomic E-state index is 0.0621. The predicted octanol–water partition coefficient (Wildman–Crippen LogP) is 3.10. The molecule has 1 saturated heterocycles. The number of terminal acetylenes is 1. The van der Waals surface area contributed by atoms with Gasteiger partial charge in [-0.3, -0.25) is 4.79 Å².